The van der Waals surface area contributed by atoms with E-state index in [4.69, 9.17) is 4.42 Å². The number of furan rings is 1. The third-order valence-electron chi connectivity index (χ3n) is 4.14. The average molecular weight is 364 g/mol. The van der Waals surface area contributed by atoms with Crippen LogP contribution in [0.1, 0.15) is 23.2 Å². The van der Waals surface area contributed by atoms with E-state index >= 15 is 0 Å². The fourth-order valence-corrected chi connectivity index (χ4v) is 2.81. The number of nitrogens with one attached hydrogen (secondary N) is 2. The number of halogens is 1. The Kier molecular flexibility index (Phi) is 6.89. The first-order valence-corrected chi connectivity index (χ1v) is 8.12. The molecule has 2 amide bonds. The highest BCUT2D eigenvalue weighted by Gasteiger charge is 2.24. The molecule has 6 nitrogen and oxygen atoms in total. The van der Waals surface area contributed by atoms with Gasteiger partial charge in [0.25, 0.3) is 5.91 Å². The molecule has 2 aromatic rings. The third-order valence-corrected chi connectivity index (χ3v) is 4.14. The minimum Gasteiger partial charge on any atom is -0.472 e. The molecule has 3 rings (SSSR count). The fourth-order valence-electron chi connectivity index (χ4n) is 2.81. The Bertz CT molecular complexity index is 668. The summed E-state index contributed by atoms with van der Waals surface area (Å²) in [4.78, 5) is 26.0. The van der Waals surface area contributed by atoms with E-state index in [1.165, 1.54) is 12.5 Å². The molecule has 0 bridgehead atoms. The summed E-state index contributed by atoms with van der Waals surface area (Å²) in [6, 6.07) is 11.4. The van der Waals surface area contributed by atoms with E-state index < -0.39 is 0 Å². The van der Waals surface area contributed by atoms with Crippen molar-refractivity contribution in [2.75, 3.05) is 25.0 Å². The number of piperidine rings is 1. The first-order chi connectivity index (χ1) is 11.7. The monoisotopic (exact) mass is 363 g/mol. The zero-order valence-electron chi connectivity index (χ0n) is 13.8. The van der Waals surface area contributed by atoms with Crippen molar-refractivity contribution in [3.63, 3.8) is 0 Å². The maximum atomic E-state index is 12.2. The van der Waals surface area contributed by atoms with Crippen LogP contribution >= 0.6 is 12.4 Å². The van der Waals surface area contributed by atoms with Gasteiger partial charge in [0, 0.05) is 24.8 Å². The number of para-hydroxylation sites is 1. The molecule has 1 aromatic carbocycles. The summed E-state index contributed by atoms with van der Waals surface area (Å²) in [6.45, 7) is 1.53. The van der Waals surface area contributed by atoms with Crippen molar-refractivity contribution >= 4 is 29.9 Å². The van der Waals surface area contributed by atoms with E-state index in [9.17, 15) is 9.59 Å². The maximum Gasteiger partial charge on any atom is 0.257 e. The van der Waals surface area contributed by atoms with Crippen LogP contribution in [0.3, 0.4) is 0 Å². The van der Waals surface area contributed by atoms with E-state index in [0.717, 1.165) is 18.5 Å². The fraction of sp³-hybridized carbons (Fsp3) is 0.333. The topological polar surface area (TPSA) is 74.6 Å². The summed E-state index contributed by atoms with van der Waals surface area (Å²) in [5.74, 6) is -0.0438. The summed E-state index contributed by atoms with van der Waals surface area (Å²) in [5, 5.41) is 6.12. The SMILES string of the molecule is Cl.O=C(CNc1ccccc1)NC1CCN(C(=O)c2ccoc2)CC1. The molecule has 0 aliphatic carbocycles. The minimum atomic E-state index is -0.0292. The van der Waals surface area contributed by atoms with E-state index in [1.54, 1.807) is 11.0 Å². The van der Waals surface area contributed by atoms with Gasteiger partial charge in [-0.3, -0.25) is 9.59 Å². The van der Waals surface area contributed by atoms with Crippen LogP contribution in [-0.4, -0.2) is 42.4 Å². The second kappa shape index (κ2) is 9.13. The molecule has 1 aliphatic heterocycles. The van der Waals surface area contributed by atoms with Crippen molar-refractivity contribution in [1.29, 1.82) is 0 Å². The molecule has 0 unspecified atom stereocenters. The molecule has 0 spiro atoms. The molecule has 7 heteroatoms. The summed E-state index contributed by atoms with van der Waals surface area (Å²) >= 11 is 0. The van der Waals surface area contributed by atoms with Crippen molar-refractivity contribution in [2.24, 2.45) is 0 Å². The van der Waals surface area contributed by atoms with Crippen molar-refractivity contribution in [1.82, 2.24) is 10.2 Å². The highest BCUT2D eigenvalue weighted by Crippen LogP contribution is 2.14. The van der Waals surface area contributed by atoms with Gasteiger partial charge in [-0.15, -0.1) is 12.4 Å². The van der Waals surface area contributed by atoms with Gasteiger partial charge in [0.2, 0.25) is 5.91 Å². The van der Waals surface area contributed by atoms with Gasteiger partial charge in [-0.25, -0.2) is 0 Å². The number of amides is 2. The van der Waals surface area contributed by atoms with E-state index in [0.29, 0.717) is 18.7 Å². The van der Waals surface area contributed by atoms with Gasteiger partial charge in [0.15, 0.2) is 0 Å². The van der Waals surface area contributed by atoms with Crippen LogP contribution in [-0.2, 0) is 4.79 Å². The lowest BCUT2D eigenvalue weighted by atomic mass is 10.0. The normalized spacial score (nSPS) is 14.5. The standard InChI is InChI=1S/C18H21N3O3.ClH/c22-17(12-19-15-4-2-1-3-5-15)20-16-6-9-21(10-7-16)18(23)14-8-11-24-13-14;/h1-5,8,11,13,16,19H,6-7,9-10,12H2,(H,20,22);1H. The molecule has 25 heavy (non-hydrogen) atoms. The first kappa shape index (κ1) is 18.9. The summed E-state index contributed by atoms with van der Waals surface area (Å²) in [6.07, 6.45) is 4.49. The summed E-state index contributed by atoms with van der Waals surface area (Å²) < 4.78 is 4.95. The molecule has 0 saturated carbocycles. The minimum absolute atomic E-state index is 0. The van der Waals surface area contributed by atoms with Gasteiger partial charge in [0.1, 0.15) is 6.26 Å². The number of likely N-dealkylation sites (tertiary alicyclic amines) is 1. The summed E-state index contributed by atoms with van der Waals surface area (Å²) in [7, 11) is 0. The van der Waals surface area contributed by atoms with Crippen LogP contribution in [0, 0.1) is 0 Å². The zero-order valence-corrected chi connectivity index (χ0v) is 14.6. The zero-order chi connectivity index (χ0) is 16.8. The quantitative estimate of drug-likeness (QED) is 0.856. The van der Waals surface area contributed by atoms with Crippen molar-refractivity contribution < 1.29 is 14.0 Å². The Morgan fingerprint density at radius 2 is 1.84 bits per heavy atom. The molecular formula is C18H22ClN3O3. The molecule has 2 N–H and O–H groups in total. The Hall–Kier alpha value is -2.47. The Balaban J connectivity index is 0.00000225. The van der Waals surface area contributed by atoms with Gasteiger partial charge >= 0.3 is 0 Å². The Morgan fingerprint density at radius 3 is 2.48 bits per heavy atom. The second-order valence-corrected chi connectivity index (χ2v) is 5.87. The summed E-state index contributed by atoms with van der Waals surface area (Å²) in [5.41, 5.74) is 1.50. The molecule has 1 saturated heterocycles. The molecule has 1 aliphatic rings. The highest BCUT2D eigenvalue weighted by molar-refractivity contribution is 5.93. The van der Waals surface area contributed by atoms with E-state index in [2.05, 4.69) is 10.6 Å². The molecule has 134 valence electrons. The number of nitrogens with zero attached hydrogens (tertiary/aromatic N) is 1. The number of benzene rings is 1. The molecular weight excluding hydrogens is 342 g/mol. The number of hydrogen-bond acceptors (Lipinski definition) is 4. The molecule has 0 radical (unpaired) electrons. The molecule has 1 aromatic heterocycles. The molecule has 0 atom stereocenters. The van der Waals surface area contributed by atoms with Crippen LogP contribution < -0.4 is 10.6 Å². The number of rotatable bonds is 5. The lowest BCUT2D eigenvalue weighted by Gasteiger charge is -2.32. The maximum absolute atomic E-state index is 12.2. The van der Waals surface area contributed by atoms with Gasteiger partial charge in [-0.1, -0.05) is 18.2 Å². The second-order valence-electron chi connectivity index (χ2n) is 5.87. The van der Waals surface area contributed by atoms with Crippen LogP contribution in [0.5, 0.6) is 0 Å². The van der Waals surface area contributed by atoms with Gasteiger partial charge < -0.3 is 20.0 Å². The number of hydrogen-bond donors (Lipinski definition) is 2. The lowest BCUT2D eigenvalue weighted by molar-refractivity contribution is -0.120. The largest absolute Gasteiger partial charge is 0.472 e. The predicted octanol–water partition coefficient (Wildman–Crippen LogP) is 2.53. The number of anilines is 1. The first-order valence-electron chi connectivity index (χ1n) is 8.12. The van der Waals surface area contributed by atoms with Gasteiger partial charge in [0.05, 0.1) is 18.4 Å². The molecule has 1 fully saturated rings. The van der Waals surface area contributed by atoms with Gasteiger partial charge in [-0.2, -0.15) is 0 Å². The van der Waals surface area contributed by atoms with Crippen molar-refractivity contribution in [2.45, 2.75) is 18.9 Å². The van der Waals surface area contributed by atoms with E-state index in [-0.39, 0.29) is 36.8 Å². The smallest absolute Gasteiger partial charge is 0.257 e. The third kappa shape index (κ3) is 5.26. The van der Waals surface area contributed by atoms with Gasteiger partial charge in [-0.05, 0) is 31.0 Å². The van der Waals surface area contributed by atoms with Crippen LogP contribution in [0.25, 0.3) is 0 Å². The van der Waals surface area contributed by atoms with Crippen molar-refractivity contribution in [3.8, 4) is 0 Å². The number of carbonyl (C=O) groups is 2. The predicted molar refractivity (Wildman–Crippen MR) is 98.0 cm³/mol. The van der Waals surface area contributed by atoms with Crippen LogP contribution in [0.4, 0.5) is 5.69 Å². The lowest BCUT2D eigenvalue weighted by Crippen LogP contribution is -2.47. The van der Waals surface area contributed by atoms with E-state index in [1.807, 2.05) is 30.3 Å². The Morgan fingerprint density at radius 1 is 1.12 bits per heavy atom. The average Bonchev–Trinajstić information content (AvgIpc) is 3.16. The van der Waals surface area contributed by atoms with Crippen molar-refractivity contribution in [3.05, 3.63) is 54.5 Å². The highest BCUT2D eigenvalue weighted by atomic mass is 35.5. The number of carbonyl (C=O) groups excluding carboxylic acids is 2. The van der Waals surface area contributed by atoms with Crippen LogP contribution in [0.15, 0.2) is 53.3 Å². The molecule has 2 heterocycles. The Labute approximate surface area is 153 Å². The van der Waals surface area contributed by atoms with Crippen LogP contribution in [0.2, 0.25) is 0 Å².